The molecule has 1 N–H and O–H groups in total. The lowest BCUT2D eigenvalue weighted by atomic mass is 9.93. The molecule has 2 nitrogen and oxygen atoms in total. The number of nitrogens with zero attached hydrogens (tertiary/aromatic N) is 1. The van der Waals surface area contributed by atoms with Crippen molar-refractivity contribution in [1.29, 1.82) is 0 Å². The summed E-state index contributed by atoms with van der Waals surface area (Å²) >= 11 is 5.52. The maximum atomic E-state index is 3.76. The standard InChI is InChI=1S/C14H23BrN2S/c1-14(2,17(3)4)9-16-11-6-5-7-12-10(11)8-13(15)18-12/h8,11,16H,5-7,9H2,1-4H3. The van der Waals surface area contributed by atoms with Crippen LogP contribution in [-0.4, -0.2) is 31.1 Å². The summed E-state index contributed by atoms with van der Waals surface area (Å²) < 4.78 is 1.27. The van der Waals surface area contributed by atoms with Crippen molar-refractivity contribution in [2.45, 2.75) is 44.7 Å². The topological polar surface area (TPSA) is 15.3 Å². The molecule has 1 heterocycles. The highest BCUT2D eigenvalue weighted by atomic mass is 79.9. The summed E-state index contributed by atoms with van der Waals surface area (Å²) in [5.74, 6) is 0. The van der Waals surface area contributed by atoms with Gasteiger partial charge < -0.3 is 10.2 Å². The molecule has 0 aromatic carbocycles. The normalized spacial score (nSPS) is 20.2. The van der Waals surface area contributed by atoms with Crippen molar-refractivity contribution < 1.29 is 0 Å². The van der Waals surface area contributed by atoms with E-state index in [0.29, 0.717) is 6.04 Å². The number of nitrogens with one attached hydrogen (secondary N) is 1. The molecule has 1 aliphatic rings. The third-order valence-electron chi connectivity index (χ3n) is 4.08. The fraction of sp³-hybridized carbons (Fsp3) is 0.714. The summed E-state index contributed by atoms with van der Waals surface area (Å²) in [5, 5.41) is 3.76. The Balaban J connectivity index is 2.03. The van der Waals surface area contributed by atoms with Crippen LogP contribution in [0.4, 0.5) is 0 Å². The van der Waals surface area contributed by atoms with Crippen LogP contribution in [0.3, 0.4) is 0 Å². The summed E-state index contributed by atoms with van der Waals surface area (Å²) in [4.78, 5) is 3.85. The molecule has 4 heteroatoms. The van der Waals surface area contributed by atoms with Crippen LogP contribution in [0.15, 0.2) is 9.85 Å². The SMILES string of the molecule is CN(C)C(C)(C)CNC1CCCc2sc(Br)cc21. The molecule has 0 spiro atoms. The average molecular weight is 331 g/mol. The molecule has 18 heavy (non-hydrogen) atoms. The Labute approximate surface area is 123 Å². The Hall–Kier alpha value is 0.100. The lowest BCUT2D eigenvalue weighted by Crippen LogP contribution is -2.47. The van der Waals surface area contributed by atoms with E-state index in [2.05, 4.69) is 60.2 Å². The fourth-order valence-electron chi connectivity index (χ4n) is 2.26. The van der Waals surface area contributed by atoms with Crippen molar-refractivity contribution in [2.75, 3.05) is 20.6 Å². The van der Waals surface area contributed by atoms with Crippen molar-refractivity contribution in [3.05, 3.63) is 20.3 Å². The van der Waals surface area contributed by atoms with Gasteiger partial charge in [-0.25, -0.2) is 0 Å². The van der Waals surface area contributed by atoms with Gasteiger partial charge in [-0.3, -0.25) is 0 Å². The highest BCUT2D eigenvalue weighted by Crippen LogP contribution is 2.38. The van der Waals surface area contributed by atoms with Gasteiger partial charge in [0.1, 0.15) is 0 Å². The molecule has 2 rings (SSSR count). The molecule has 1 aromatic rings. The molecule has 1 aromatic heterocycles. The van der Waals surface area contributed by atoms with E-state index in [9.17, 15) is 0 Å². The van der Waals surface area contributed by atoms with Crippen molar-refractivity contribution in [1.82, 2.24) is 10.2 Å². The van der Waals surface area contributed by atoms with E-state index in [-0.39, 0.29) is 5.54 Å². The zero-order chi connectivity index (χ0) is 13.3. The summed E-state index contributed by atoms with van der Waals surface area (Å²) in [6, 6.07) is 2.84. The van der Waals surface area contributed by atoms with Crippen LogP contribution in [0.1, 0.15) is 43.2 Å². The van der Waals surface area contributed by atoms with Crippen molar-refractivity contribution in [2.24, 2.45) is 0 Å². The van der Waals surface area contributed by atoms with Crippen LogP contribution in [0.5, 0.6) is 0 Å². The first-order valence-electron chi connectivity index (χ1n) is 6.59. The number of likely N-dealkylation sites (N-methyl/N-ethyl adjacent to an activating group) is 1. The molecule has 0 radical (unpaired) electrons. The Kier molecular flexibility index (Phi) is 4.52. The van der Waals surface area contributed by atoms with Gasteiger partial charge in [0.25, 0.3) is 0 Å². The highest BCUT2D eigenvalue weighted by molar-refractivity contribution is 9.11. The number of aryl methyl sites for hydroxylation is 1. The highest BCUT2D eigenvalue weighted by Gasteiger charge is 2.26. The minimum Gasteiger partial charge on any atom is -0.308 e. The molecule has 0 saturated heterocycles. The van der Waals surface area contributed by atoms with E-state index in [1.165, 1.54) is 28.6 Å². The Morgan fingerprint density at radius 2 is 2.22 bits per heavy atom. The lowest BCUT2D eigenvalue weighted by Gasteiger charge is -2.35. The second-order valence-electron chi connectivity index (χ2n) is 5.96. The molecule has 0 amide bonds. The number of hydrogen-bond acceptors (Lipinski definition) is 3. The van der Waals surface area contributed by atoms with Gasteiger partial charge in [-0.05, 0) is 74.8 Å². The maximum Gasteiger partial charge on any atom is 0.0704 e. The number of hydrogen-bond donors (Lipinski definition) is 1. The van der Waals surface area contributed by atoms with Gasteiger partial charge in [-0.1, -0.05) is 0 Å². The van der Waals surface area contributed by atoms with E-state index in [1.54, 1.807) is 4.88 Å². The first kappa shape index (κ1) is 14.5. The van der Waals surface area contributed by atoms with Crippen molar-refractivity contribution >= 4 is 27.3 Å². The summed E-state index contributed by atoms with van der Waals surface area (Å²) in [5.41, 5.74) is 1.72. The van der Waals surface area contributed by atoms with Gasteiger partial charge in [-0.2, -0.15) is 0 Å². The third kappa shape index (κ3) is 3.16. The van der Waals surface area contributed by atoms with Crippen LogP contribution in [-0.2, 0) is 6.42 Å². The summed E-state index contributed by atoms with van der Waals surface area (Å²) in [6.07, 6.45) is 3.82. The quantitative estimate of drug-likeness (QED) is 0.902. The number of fused-ring (bicyclic) bond motifs is 1. The second-order valence-corrected chi connectivity index (χ2v) is 8.48. The molecule has 1 atom stereocenters. The smallest absolute Gasteiger partial charge is 0.0704 e. The second kappa shape index (κ2) is 5.61. The van der Waals surface area contributed by atoms with Crippen molar-refractivity contribution in [3.8, 4) is 0 Å². The van der Waals surface area contributed by atoms with Crippen LogP contribution in [0, 0.1) is 0 Å². The summed E-state index contributed by atoms with van der Waals surface area (Å²) in [7, 11) is 4.30. The number of halogens is 1. The van der Waals surface area contributed by atoms with Gasteiger partial charge in [0.2, 0.25) is 0 Å². The molecule has 1 aliphatic carbocycles. The minimum absolute atomic E-state index is 0.199. The van der Waals surface area contributed by atoms with Crippen molar-refractivity contribution in [3.63, 3.8) is 0 Å². The average Bonchev–Trinajstić information content (AvgIpc) is 2.66. The molecule has 0 fully saturated rings. The van der Waals surface area contributed by atoms with E-state index in [0.717, 1.165) is 6.54 Å². The predicted molar refractivity (Wildman–Crippen MR) is 83.5 cm³/mol. The molecule has 1 unspecified atom stereocenters. The first-order chi connectivity index (χ1) is 8.40. The van der Waals surface area contributed by atoms with E-state index in [1.807, 2.05) is 11.3 Å². The molecular weight excluding hydrogens is 308 g/mol. The number of rotatable bonds is 4. The minimum atomic E-state index is 0.199. The fourth-order valence-corrected chi connectivity index (χ4v) is 4.08. The molecule has 0 saturated carbocycles. The predicted octanol–water partition coefficient (Wildman–Crippen LogP) is 3.82. The Morgan fingerprint density at radius 1 is 1.50 bits per heavy atom. The summed E-state index contributed by atoms with van der Waals surface area (Å²) in [6.45, 7) is 5.60. The van der Waals surface area contributed by atoms with E-state index in [4.69, 9.17) is 0 Å². The zero-order valence-corrected chi connectivity index (χ0v) is 14.1. The Morgan fingerprint density at radius 3 is 2.89 bits per heavy atom. The zero-order valence-electron chi connectivity index (χ0n) is 11.7. The maximum absolute atomic E-state index is 3.76. The van der Waals surface area contributed by atoms with Crippen LogP contribution >= 0.6 is 27.3 Å². The van der Waals surface area contributed by atoms with Gasteiger partial charge in [-0.15, -0.1) is 11.3 Å². The van der Waals surface area contributed by atoms with E-state index >= 15 is 0 Å². The molecular formula is C14H23BrN2S. The Bertz CT molecular complexity index is 412. The lowest BCUT2D eigenvalue weighted by molar-refractivity contribution is 0.182. The van der Waals surface area contributed by atoms with Crippen LogP contribution in [0.2, 0.25) is 0 Å². The van der Waals surface area contributed by atoms with Gasteiger partial charge >= 0.3 is 0 Å². The number of thiophene rings is 1. The largest absolute Gasteiger partial charge is 0.308 e. The van der Waals surface area contributed by atoms with Gasteiger partial charge in [0.15, 0.2) is 0 Å². The molecule has 102 valence electrons. The van der Waals surface area contributed by atoms with Gasteiger partial charge in [0, 0.05) is 23.0 Å². The van der Waals surface area contributed by atoms with Crippen LogP contribution < -0.4 is 5.32 Å². The molecule has 0 aliphatic heterocycles. The third-order valence-corrected chi connectivity index (χ3v) is 5.79. The monoisotopic (exact) mass is 330 g/mol. The first-order valence-corrected chi connectivity index (χ1v) is 8.20. The van der Waals surface area contributed by atoms with Crippen LogP contribution in [0.25, 0.3) is 0 Å². The molecule has 0 bridgehead atoms. The van der Waals surface area contributed by atoms with Gasteiger partial charge in [0.05, 0.1) is 3.79 Å². The van der Waals surface area contributed by atoms with E-state index < -0.39 is 0 Å².